The fourth-order valence-electron chi connectivity index (χ4n) is 4.27. The zero-order valence-electron chi connectivity index (χ0n) is 17.9. The highest BCUT2D eigenvalue weighted by molar-refractivity contribution is 7.99. The predicted octanol–water partition coefficient (Wildman–Crippen LogP) is 3.57. The van der Waals surface area contributed by atoms with E-state index in [0.29, 0.717) is 11.8 Å². The molecule has 1 amide bonds. The fourth-order valence-corrected chi connectivity index (χ4v) is 4.90. The first-order valence-electron chi connectivity index (χ1n) is 10.9. The molecule has 1 saturated carbocycles. The maximum absolute atomic E-state index is 12.1. The van der Waals surface area contributed by atoms with Gasteiger partial charge in [-0.05, 0) is 56.0 Å². The molecule has 1 N–H and O–H groups in total. The van der Waals surface area contributed by atoms with Crippen LogP contribution in [-0.2, 0) is 4.79 Å². The van der Waals surface area contributed by atoms with Gasteiger partial charge in [0, 0.05) is 37.9 Å². The number of rotatable bonds is 6. The van der Waals surface area contributed by atoms with E-state index in [4.69, 9.17) is 0 Å². The molecular weight excluding hydrogens is 394 g/mol. The van der Waals surface area contributed by atoms with Crippen LogP contribution in [0.1, 0.15) is 36.8 Å². The molecule has 0 unspecified atom stereocenters. The number of nitrogens with zero attached hydrogens (tertiary/aromatic N) is 4. The van der Waals surface area contributed by atoms with Crippen LogP contribution in [0.25, 0.3) is 0 Å². The summed E-state index contributed by atoms with van der Waals surface area (Å²) in [5.41, 5.74) is 3.96. The van der Waals surface area contributed by atoms with E-state index in [2.05, 4.69) is 57.4 Å². The smallest absolute Gasteiger partial charge is 0.230 e. The van der Waals surface area contributed by atoms with Crippen LogP contribution < -0.4 is 15.1 Å². The fraction of sp³-hybridized carbons (Fsp3) is 0.522. The molecule has 1 aliphatic heterocycles. The van der Waals surface area contributed by atoms with Gasteiger partial charge in [-0.25, -0.2) is 0 Å². The van der Waals surface area contributed by atoms with Crippen LogP contribution in [0.2, 0.25) is 0 Å². The Kier molecular flexibility index (Phi) is 6.77. The Morgan fingerprint density at radius 2 is 1.77 bits per heavy atom. The number of aromatic nitrogens is 2. The molecule has 2 fully saturated rings. The molecule has 2 aliphatic rings. The summed E-state index contributed by atoms with van der Waals surface area (Å²) in [5, 5.41) is 12.7. The number of aryl methyl sites for hydroxylation is 2. The highest BCUT2D eigenvalue weighted by Gasteiger charge is 2.20. The van der Waals surface area contributed by atoms with Crippen LogP contribution in [-0.4, -0.2) is 54.1 Å². The number of nitrogens with one attached hydrogen (secondary N) is 1. The number of carbonyl (C=O) groups excluding carboxylic acids is 1. The Morgan fingerprint density at radius 3 is 2.47 bits per heavy atom. The average Bonchev–Trinajstić information content (AvgIpc) is 3.27. The van der Waals surface area contributed by atoms with Crippen molar-refractivity contribution in [3.8, 4) is 0 Å². The van der Waals surface area contributed by atoms with E-state index < -0.39 is 0 Å². The number of amides is 1. The zero-order valence-corrected chi connectivity index (χ0v) is 18.7. The van der Waals surface area contributed by atoms with Crippen LogP contribution >= 0.6 is 11.8 Å². The zero-order chi connectivity index (χ0) is 20.9. The maximum atomic E-state index is 12.1. The molecule has 160 valence electrons. The van der Waals surface area contributed by atoms with Gasteiger partial charge < -0.3 is 15.1 Å². The largest absolute Gasteiger partial charge is 0.368 e. The van der Waals surface area contributed by atoms with Gasteiger partial charge in [-0.15, -0.1) is 10.2 Å². The van der Waals surface area contributed by atoms with E-state index in [1.807, 2.05) is 12.1 Å². The summed E-state index contributed by atoms with van der Waals surface area (Å²) < 4.78 is 0. The summed E-state index contributed by atoms with van der Waals surface area (Å²) in [6.45, 7) is 8.13. The van der Waals surface area contributed by atoms with E-state index >= 15 is 0 Å². The van der Waals surface area contributed by atoms with Crippen molar-refractivity contribution in [2.45, 2.75) is 50.6 Å². The second-order valence-corrected chi connectivity index (χ2v) is 9.33. The minimum atomic E-state index is 0.0975. The minimum absolute atomic E-state index is 0.0975. The number of thioether (sulfide) groups is 1. The SMILES string of the molecule is Cc1ccc(C)c(N2CCN(c3ccc(SCC(=O)NC4CCCC4)nn3)CC2)c1. The summed E-state index contributed by atoms with van der Waals surface area (Å²) in [5.74, 6) is 1.41. The van der Waals surface area contributed by atoms with Gasteiger partial charge >= 0.3 is 0 Å². The van der Waals surface area contributed by atoms with E-state index in [0.717, 1.165) is 49.9 Å². The molecule has 1 aliphatic carbocycles. The van der Waals surface area contributed by atoms with Gasteiger partial charge in [0.1, 0.15) is 5.03 Å². The van der Waals surface area contributed by atoms with Gasteiger partial charge in [-0.1, -0.05) is 36.7 Å². The third kappa shape index (κ3) is 5.25. The monoisotopic (exact) mass is 425 g/mol. The minimum Gasteiger partial charge on any atom is -0.368 e. The lowest BCUT2D eigenvalue weighted by Crippen LogP contribution is -2.47. The number of piperazine rings is 1. The number of carbonyl (C=O) groups is 1. The average molecular weight is 426 g/mol. The Hall–Kier alpha value is -2.28. The highest BCUT2D eigenvalue weighted by Crippen LogP contribution is 2.25. The molecule has 30 heavy (non-hydrogen) atoms. The van der Waals surface area contributed by atoms with Crippen LogP contribution in [0, 0.1) is 13.8 Å². The van der Waals surface area contributed by atoms with E-state index in [9.17, 15) is 4.79 Å². The van der Waals surface area contributed by atoms with Crippen LogP contribution in [0.3, 0.4) is 0 Å². The van der Waals surface area contributed by atoms with Crippen molar-refractivity contribution in [3.63, 3.8) is 0 Å². The van der Waals surface area contributed by atoms with E-state index in [1.54, 1.807) is 0 Å². The summed E-state index contributed by atoms with van der Waals surface area (Å²) in [6, 6.07) is 11.0. The molecule has 0 bridgehead atoms. The normalized spacial score (nSPS) is 17.4. The van der Waals surface area contributed by atoms with Crippen molar-refractivity contribution in [1.82, 2.24) is 15.5 Å². The molecular formula is C23H31N5OS. The molecule has 6 nitrogen and oxygen atoms in total. The molecule has 2 aromatic rings. The molecule has 1 aromatic carbocycles. The van der Waals surface area contributed by atoms with Crippen LogP contribution in [0.4, 0.5) is 11.5 Å². The first-order valence-corrected chi connectivity index (χ1v) is 11.9. The van der Waals surface area contributed by atoms with Gasteiger partial charge in [-0.3, -0.25) is 4.79 Å². The van der Waals surface area contributed by atoms with Gasteiger partial charge in [-0.2, -0.15) is 0 Å². The molecule has 7 heteroatoms. The molecule has 4 rings (SSSR count). The standard InChI is InChI=1S/C23H31N5OS/c1-17-7-8-18(2)20(15-17)27-11-13-28(14-12-27)21-9-10-23(26-25-21)30-16-22(29)24-19-5-3-4-6-19/h7-10,15,19H,3-6,11-14,16H2,1-2H3,(H,24,29). The number of hydrogen-bond acceptors (Lipinski definition) is 6. The van der Waals surface area contributed by atoms with Crippen molar-refractivity contribution in [1.29, 1.82) is 0 Å². The van der Waals surface area contributed by atoms with Crippen molar-refractivity contribution in [3.05, 3.63) is 41.5 Å². The molecule has 0 spiro atoms. The first-order chi connectivity index (χ1) is 14.6. The van der Waals surface area contributed by atoms with Gasteiger partial charge in [0.2, 0.25) is 5.91 Å². The topological polar surface area (TPSA) is 61.4 Å². The lowest BCUT2D eigenvalue weighted by molar-refractivity contribution is -0.119. The summed E-state index contributed by atoms with van der Waals surface area (Å²) in [4.78, 5) is 16.8. The van der Waals surface area contributed by atoms with Gasteiger partial charge in [0.25, 0.3) is 0 Å². The van der Waals surface area contributed by atoms with Gasteiger partial charge in [0.15, 0.2) is 5.82 Å². The third-order valence-corrected chi connectivity index (χ3v) is 6.93. The second-order valence-electron chi connectivity index (χ2n) is 8.33. The Labute approximate surface area is 183 Å². The van der Waals surface area contributed by atoms with E-state index in [1.165, 1.54) is 41.4 Å². The Bertz CT molecular complexity index is 858. The number of benzene rings is 1. The summed E-state index contributed by atoms with van der Waals surface area (Å²) in [7, 11) is 0. The summed E-state index contributed by atoms with van der Waals surface area (Å²) in [6.07, 6.45) is 4.68. The molecule has 1 aromatic heterocycles. The van der Waals surface area contributed by atoms with Crippen molar-refractivity contribution < 1.29 is 4.79 Å². The highest BCUT2D eigenvalue weighted by atomic mass is 32.2. The number of hydrogen-bond donors (Lipinski definition) is 1. The predicted molar refractivity (Wildman–Crippen MR) is 123 cm³/mol. The number of anilines is 2. The summed E-state index contributed by atoms with van der Waals surface area (Å²) >= 11 is 1.46. The van der Waals surface area contributed by atoms with Crippen LogP contribution in [0.15, 0.2) is 35.4 Å². The van der Waals surface area contributed by atoms with Crippen LogP contribution in [0.5, 0.6) is 0 Å². The molecule has 0 radical (unpaired) electrons. The van der Waals surface area contributed by atoms with Crippen molar-refractivity contribution in [2.75, 3.05) is 41.7 Å². The van der Waals surface area contributed by atoms with Crippen molar-refractivity contribution >= 4 is 29.2 Å². The quantitative estimate of drug-likeness (QED) is 0.714. The van der Waals surface area contributed by atoms with Gasteiger partial charge in [0.05, 0.1) is 5.75 Å². The second kappa shape index (κ2) is 9.69. The molecule has 1 saturated heterocycles. The molecule has 2 heterocycles. The first kappa shape index (κ1) is 21.0. The van der Waals surface area contributed by atoms with Crippen molar-refractivity contribution in [2.24, 2.45) is 0 Å². The Balaban J connectivity index is 1.26. The third-order valence-electron chi connectivity index (χ3n) is 6.01. The maximum Gasteiger partial charge on any atom is 0.230 e. The lowest BCUT2D eigenvalue weighted by atomic mass is 10.1. The molecule has 0 atom stereocenters. The van der Waals surface area contributed by atoms with E-state index in [-0.39, 0.29) is 5.91 Å². The Morgan fingerprint density at radius 1 is 1.03 bits per heavy atom. The lowest BCUT2D eigenvalue weighted by Gasteiger charge is -2.37.